The molecule has 3 aromatic heterocycles. The van der Waals surface area contributed by atoms with E-state index in [9.17, 15) is 13.2 Å². The van der Waals surface area contributed by atoms with Crippen LogP contribution in [0, 0.1) is 0 Å². The number of fused-ring (bicyclic) bond motifs is 2. The van der Waals surface area contributed by atoms with Crippen LogP contribution in [0.3, 0.4) is 0 Å². The average molecular weight is 426 g/mol. The van der Waals surface area contributed by atoms with Crippen molar-refractivity contribution in [2.45, 2.75) is 23.6 Å². The molecule has 154 valence electrons. The number of aromatic nitrogens is 2. The summed E-state index contributed by atoms with van der Waals surface area (Å²) in [4.78, 5) is 22.8. The van der Waals surface area contributed by atoms with Crippen molar-refractivity contribution in [1.82, 2.24) is 19.2 Å². The van der Waals surface area contributed by atoms with E-state index < -0.39 is 22.2 Å². The first kappa shape index (κ1) is 18.8. The van der Waals surface area contributed by atoms with Gasteiger partial charge in [-0.2, -0.15) is 4.31 Å². The lowest BCUT2D eigenvalue weighted by atomic mass is 10.2. The molecule has 0 aromatic carbocycles. The van der Waals surface area contributed by atoms with Crippen LogP contribution < -0.4 is 4.74 Å². The summed E-state index contributed by atoms with van der Waals surface area (Å²) >= 11 is 0. The number of amides is 1. The van der Waals surface area contributed by atoms with Crippen molar-refractivity contribution in [3.05, 3.63) is 72.6 Å². The molecule has 0 N–H and O–H groups in total. The third kappa shape index (κ3) is 3.14. The monoisotopic (exact) mass is 426 g/mol. The fourth-order valence-electron chi connectivity index (χ4n) is 3.83. The highest BCUT2D eigenvalue weighted by molar-refractivity contribution is 7.89. The lowest BCUT2D eigenvalue weighted by Gasteiger charge is -2.27. The minimum absolute atomic E-state index is 0.0132. The molecule has 0 bridgehead atoms. The second-order valence-corrected chi connectivity index (χ2v) is 8.95. The molecule has 5 heterocycles. The van der Waals surface area contributed by atoms with E-state index in [4.69, 9.17) is 9.15 Å². The molecule has 2 atom stereocenters. The Hall–Kier alpha value is -3.24. The number of furan rings is 1. The molecule has 0 unspecified atom stereocenters. The van der Waals surface area contributed by atoms with Crippen LogP contribution in [0.1, 0.15) is 16.2 Å². The minimum Gasteiger partial charge on any atom is -0.470 e. The molecule has 1 fully saturated rings. The van der Waals surface area contributed by atoms with Gasteiger partial charge in [0.15, 0.2) is 5.76 Å². The van der Waals surface area contributed by atoms with Gasteiger partial charge in [0.25, 0.3) is 5.91 Å². The second kappa shape index (κ2) is 7.22. The van der Waals surface area contributed by atoms with Crippen molar-refractivity contribution < 1.29 is 22.4 Å². The van der Waals surface area contributed by atoms with E-state index in [1.165, 1.54) is 22.8 Å². The molecular weight excluding hydrogens is 408 g/mol. The van der Waals surface area contributed by atoms with E-state index in [0.29, 0.717) is 5.69 Å². The molecule has 0 saturated carbocycles. The van der Waals surface area contributed by atoms with E-state index in [2.05, 4.69) is 9.97 Å². The molecule has 5 rings (SSSR count). The number of rotatable bonds is 3. The molecule has 2 aliphatic heterocycles. The first-order valence-corrected chi connectivity index (χ1v) is 10.8. The quantitative estimate of drug-likeness (QED) is 0.625. The van der Waals surface area contributed by atoms with Crippen molar-refractivity contribution in [2.75, 3.05) is 13.1 Å². The maximum Gasteiger partial charge on any atom is 0.289 e. The predicted octanol–water partition coefficient (Wildman–Crippen LogP) is 1.55. The largest absolute Gasteiger partial charge is 0.470 e. The van der Waals surface area contributed by atoms with Gasteiger partial charge in [0, 0.05) is 18.9 Å². The lowest BCUT2D eigenvalue weighted by Crippen LogP contribution is -2.46. The Balaban J connectivity index is 1.55. The van der Waals surface area contributed by atoms with E-state index >= 15 is 0 Å². The molecule has 1 saturated heterocycles. The van der Waals surface area contributed by atoms with Gasteiger partial charge in [-0.3, -0.25) is 9.78 Å². The van der Waals surface area contributed by atoms with Crippen LogP contribution in [0.15, 0.2) is 70.4 Å². The number of ether oxygens (including phenoxy) is 1. The summed E-state index contributed by atoms with van der Waals surface area (Å²) in [5.41, 5.74) is 0.600. The number of carbonyl (C=O) groups excluding carboxylic acids is 1. The minimum atomic E-state index is -3.93. The molecule has 3 aromatic rings. The zero-order chi connectivity index (χ0) is 20.7. The van der Waals surface area contributed by atoms with Crippen LogP contribution in [0.2, 0.25) is 0 Å². The Morgan fingerprint density at radius 3 is 2.70 bits per heavy atom. The van der Waals surface area contributed by atoms with Crippen LogP contribution in [-0.4, -0.2) is 58.7 Å². The summed E-state index contributed by atoms with van der Waals surface area (Å²) in [5, 5.41) is 0. The number of hydrogen-bond acceptors (Lipinski definition) is 7. The van der Waals surface area contributed by atoms with Gasteiger partial charge >= 0.3 is 0 Å². The normalized spacial score (nSPS) is 22.6. The Morgan fingerprint density at radius 1 is 1.07 bits per heavy atom. The van der Waals surface area contributed by atoms with Gasteiger partial charge in [0.2, 0.25) is 15.9 Å². The van der Waals surface area contributed by atoms with Gasteiger partial charge < -0.3 is 14.1 Å². The van der Waals surface area contributed by atoms with Crippen molar-refractivity contribution in [1.29, 1.82) is 0 Å². The molecule has 0 aliphatic carbocycles. The highest BCUT2D eigenvalue weighted by atomic mass is 32.2. The van der Waals surface area contributed by atoms with Gasteiger partial charge in [-0.15, -0.1) is 0 Å². The Bertz CT molecular complexity index is 1170. The van der Waals surface area contributed by atoms with Crippen molar-refractivity contribution in [3.63, 3.8) is 0 Å². The summed E-state index contributed by atoms with van der Waals surface area (Å²) in [6.07, 6.45) is 3.96. The van der Waals surface area contributed by atoms with Crippen LogP contribution in [0.4, 0.5) is 0 Å². The highest BCUT2D eigenvalue weighted by Gasteiger charge is 2.49. The van der Waals surface area contributed by atoms with Crippen molar-refractivity contribution in [3.8, 4) is 5.88 Å². The summed E-state index contributed by atoms with van der Waals surface area (Å²) in [7, 11) is -3.93. The molecule has 0 radical (unpaired) electrons. The van der Waals surface area contributed by atoms with E-state index in [1.54, 1.807) is 47.5 Å². The van der Waals surface area contributed by atoms with Crippen molar-refractivity contribution >= 4 is 15.9 Å². The van der Waals surface area contributed by atoms with Gasteiger partial charge in [-0.05, 0) is 36.4 Å². The lowest BCUT2D eigenvalue weighted by molar-refractivity contribution is 0.0738. The Morgan fingerprint density at radius 2 is 1.93 bits per heavy atom. The zero-order valence-electron chi connectivity index (χ0n) is 15.8. The Labute approximate surface area is 173 Å². The molecular formula is C20H18N4O5S. The molecule has 2 aliphatic rings. The number of likely N-dealkylation sites (tertiary alicyclic amines) is 1. The maximum absolute atomic E-state index is 13.5. The predicted molar refractivity (Wildman–Crippen MR) is 104 cm³/mol. The summed E-state index contributed by atoms with van der Waals surface area (Å²) in [5.74, 6) is -0.0689. The average Bonchev–Trinajstić information content (AvgIpc) is 3.41. The second-order valence-electron chi connectivity index (χ2n) is 7.09. The fraction of sp³-hybridized carbons (Fsp3) is 0.250. The first-order chi connectivity index (χ1) is 14.5. The number of sulfonamides is 1. The maximum atomic E-state index is 13.5. The van der Waals surface area contributed by atoms with Crippen LogP contribution in [0.5, 0.6) is 5.88 Å². The SMILES string of the molecule is O=C(c1ccco1)N1C[C@H]2Oc3ncccc3S(=O)(=O)N(Cc3ccccn3)[C@H]2C1. The van der Waals surface area contributed by atoms with Crippen LogP contribution in [-0.2, 0) is 16.6 Å². The van der Waals surface area contributed by atoms with Gasteiger partial charge in [0.05, 0.1) is 31.1 Å². The molecule has 10 heteroatoms. The van der Waals surface area contributed by atoms with Crippen LogP contribution in [0.25, 0.3) is 0 Å². The van der Waals surface area contributed by atoms with Gasteiger partial charge in [-0.25, -0.2) is 13.4 Å². The van der Waals surface area contributed by atoms with E-state index in [-0.39, 0.29) is 42.1 Å². The number of nitrogens with zero attached hydrogens (tertiary/aromatic N) is 4. The fourth-order valence-corrected chi connectivity index (χ4v) is 5.52. The third-order valence-corrected chi connectivity index (χ3v) is 7.14. The van der Waals surface area contributed by atoms with Gasteiger partial charge in [0.1, 0.15) is 11.0 Å². The topological polar surface area (TPSA) is 106 Å². The zero-order valence-corrected chi connectivity index (χ0v) is 16.6. The van der Waals surface area contributed by atoms with E-state index in [0.717, 1.165) is 0 Å². The standard InChI is InChI=1S/C20H18N4O5S/c25-20(16-6-4-10-28-16)23-12-15-17(13-23)29-19-18(7-3-9-22-19)30(26,27)24(15)11-14-5-1-2-8-21-14/h1-10,15,17H,11-13H2/t15-,17+/m0/s1. The summed E-state index contributed by atoms with van der Waals surface area (Å²) in [6.45, 7) is 0.448. The first-order valence-electron chi connectivity index (χ1n) is 9.40. The number of hydrogen-bond donors (Lipinski definition) is 0. The molecule has 30 heavy (non-hydrogen) atoms. The summed E-state index contributed by atoms with van der Waals surface area (Å²) in [6, 6.07) is 11.0. The number of carbonyl (C=O) groups is 1. The summed E-state index contributed by atoms with van der Waals surface area (Å²) < 4.78 is 39.7. The molecule has 9 nitrogen and oxygen atoms in total. The van der Waals surface area contributed by atoms with Crippen LogP contribution >= 0.6 is 0 Å². The third-order valence-electron chi connectivity index (χ3n) is 5.26. The Kier molecular flexibility index (Phi) is 4.52. The van der Waals surface area contributed by atoms with Gasteiger partial charge in [-0.1, -0.05) is 6.07 Å². The molecule has 1 amide bonds. The van der Waals surface area contributed by atoms with E-state index in [1.807, 2.05) is 0 Å². The smallest absolute Gasteiger partial charge is 0.289 e. The van der Waals surface area contributed by atoms with Crippen molar-refractivity contribution in [2.24, 2.45) is 0 Å². The highest BCUT2D eigenvalue weighted by Crippen LogP contribution is 2.35. The number of pyridine rings is 2. The molecule has 0 spiro atoms.